The van der Waals surface area contributed by atoms with Gasteiger partial charge >= 0.3 is 0 Å². The molecule has 4 nitrogen and oxygen atoms in total. The molecule has 2 unspecified atom stereocenters. The van der Waals surface area contributed by atoms with Crippen LogP contribution < -0.4 is 10.1 Å². The van der Waals surface area contributed by atoms with E-state index in [2.05, 4.69) is 5.32 Å². The first kappa shape index (κ1) is 14.5. The molecule has 1 rings (SSSR count). The van der Waals surface area contributed by atoms with E-state index in [0.29, 0.717) is 5.75 Å². The Hall–Kier alpha value is -1.55. The number of hydrogen-bond acceptors (Lipinski definition) is 3. The van der Waals surface area contributed by atoms with Gasteiger partial charge in [-0.15, -0.1) is 0 Å². The van der Waals surface area contributed by atoms with Gasteiger partial charge in [0.25, 0.3) is 5.91 Å². The van der Waals surface area contributed by atoms with Crippen LogP contribution in [0.3, 0.4) is 0 Å². The normalized spacial score (nSPS) is 14.1. The van der Waals surface area contributed by atoms with E-state index in [1.165, 1.54) is 0 Å². The van der Waals surface area contributed by atoms with Crippen molar-refractivity contribution in [1.82, 2.24) is 5.32 Å². The molecule has 2 atom stereocenters. The molecule has 0 bridgehead atoms. The van der Waals surface area contributed by atoms with Crippen LogP contribution >= 0.6 is 0 Å². The molecule has 0 spiro atoms. The smallest absolute Gasteiger partial charge is 0.260 e. The zero-order valence-corrected chi connectivity index (χ0v) is 11.3. The Morgan fingerprint density at radius 3 is 2.17 bits per heavy atom. The minimum atomic E-state index is -0.537. The predicted molar refractivity (Wildman–Crippen MR) is 70.4 cm³/mol. The molecule has 0 aliphatic heterocycles. The van der Waals surface area contributed by atoms with Crippen molar-refractivity contribution in [1.29, 1.82) is 0 Å². The van der Waals surface area contributed by atoms with Gasteiger partial charge in [0.2, 0.25) is 0 Å². The fourth-order valence-electron chi connectivity index (χ4n) is 1.48. The van der Waals surface area contributed by atoms with Crippen LogP contribution in [0, 0.1) is 0 Å². The van der Waals surface area contributed by atoms with Crippen LogP contribution in [0.1, 0.15) is 39.4 Å². The fourth-order valence-corrected chi connectivity index (χ4v) is 1.48. The minimum absolute atomic E-state index is 0.0983. The highest BCUT2D eigenvalue weighted by atomic mass is 16.5. The Labute approximate surface area is 108 Å². The van der Waals surface area contributed by atoms with Gasteiger partial charge in [-0.1, -0.05) is 12.1 Å². The Kier molecular flexibility index (Phi) is 5.16. The number of hydrogen-bond donors (Lipinski definition) is 2. The summed E-state index contributed by atoms with van der Waals surface area (Å²) in [5.74, 6) is 0.482. The van der Waals surface area contributed by atoms with E-state index in [1.807, 2.05) is 13.8 Å². The Morgan fingerprint density at radius 1 is 1.17 bits per heavy atom. The van der Waals surface area contributed by atoms with Crippen molar-refractivity contribution in [3.05, 3.63) is 29.8 Å². The lowest BCUT2D eigenvalue weighted by atomic mass is 10.1. The number of carbonyl (C=O) groups excluding carboxylic acids is 1. The Morgan fingerprint density at radius 2 is 1.72 bits per heavy atom. The zero-order valence-electron chi connectivity index (χ0n) is 11.3. The fraction of sp³-hybridized carbons (Fsp3) is 0.500. The van der Waals surface area contributed by atoms with Crippen LogP contribution in [0.25, 0.3) is 0 Å². The van der Waals surface area contributed by atoms with E-state index >= 15 is 0 Å². The molecule has 1 aromatic carbocycles. The summed E-state index contributed by atoms with van der Waals surface area (Å²) in [4.78, 5) is 11.7. The Balaban J connectivity index is 2.59. The molecule has 0 fully saturated rings. The second-order valence-corrected chi connectivity index (χ2v) is 4.67. The lowest BCUT2D eigenvalue weighted by Gasteiger charge is -2.16. The SMILES string of the molecule is CC(C)NC(=O)C(C)Oc1ccc(C(C)O)cc1. The average Bonchev–Trinajstić information content (AvgIpc) is 2.28. The molecular formula is C14H21NO3. The predicted octanol–water partition coefficient (Wildman–Crippen LogP) is 2.03. The number of aliphatic hydroxyl groups is 1. The number of benzene rings is 1. The van der Waals surface area contributed by atoms with Crippen molar-refractivity contribution < 1.29 is 14.6 Å². The third-order valence-corrected chi connectivity index (χ3v) is 2.48. The lowest BCUT2D eigenvalue weighted by Crippen LogP contribution is -2.40. The first-order valence-electron chi connectivity index (χ1n) is 6.15. The van der Waals surface area contributed by atoms with E-state index in [4.69, 9.17) is 4.74 Å². The van der Waals surface area contributed by atoms with Crippen LogP contribution in [0.2, 0.25) is 0 Å². The van der Waals surface area contributed by atoms with E-state index in [1.54, 1.807) is 38.1 Å². The minimum Gasteiger partial charge on any atom is -0.481 e. The number of rotatable bonds is 5. The third-order valence-electron chi connectivity index (χ3n) is 2.48. The molecule has 4 heteroatoms. The number of ether oxygens (including phenoxy) is 1. The van der Waals surface area contributed by atoms with Gasteiger partial charge < -0.3 is 15.2 Å². The molecule has 0 radical (unpaired) electrons. The number of aliphatic hydroxyl groups excluding tert-OH is 1. The first-order chi connectivity index (χ1) is 8.40. The summed E-state index contributed by atoms with van der Waals surface area (Å²) in [5.41, 5.74) is 0.821. The largest absolute Gasteiger partial charge is 0.481 e. The van der Waals surface area contributed by atoms with Crippen molar-refractivity contribution in [2.24, 2.45) is 0 Å². The van der Waals surface area contributed by atoms with Gasteiger partial charge in [-0.05, 0) is 45.4 Å². The van der Waals surface area contributed by atoms with Crippen molar-refractivity contribution in [2.45, 2.75) is 45.9 Å². The van der Waals surface area contributed by atoms with E-state index in [-0.39, 0.29) is 11.9 Å². The number of carbonyl (C=O) groups is 1. The van der Waals surface area contributed by atoms with Gasteiger partial charge in [0.1, 0.15) is 5.75 Å². The van der Waals surface area contributed by atoms with E-state index in [0.717, 1.165) is 5.56 Å². The number of amides is 1. The second kappa shape index (κ2) is 6.40. The summed E-state index contributed by atoms with van der Waals surface area (Å²) >= 11 is 0. The molecule has 0 aliphatic rings. The first-order valence-corrected chi connectivity index (χ1v) is 6.15. The summed E-state index contributed by atoms with van der Waals surface area (Å²) in [5, 5.41) is 12.2. The van der Waals surface area contributed by atoms with Crippen LogP contribution in [-0.2, 0) is 4.79 Å². The highest BCUT2D eigenvalue weighted by Crippen LogP contribution is 2.18. The van der Waals surface area contributed by atoms with Gasteiger partial charge in [0.15, 0.2) is 6.10 Å². The van der Waals surface area contributed by atoms with Crippen LogP contribution in [0.5, 0.6) is 5.75 Å². The molecule has 0 aromatic heterocycles. The monoisotopic (exact) mass is 251 g/mol. The molecule has 0 saturated heterocycles. The molecule has 1 amide bonds. The maximum absolute atomic E-state index is 11.7. The average molecular weight is 251 g/mol. The van der Waals surface area contributed by atoms with E-state index < -0.39 is 12.2 Å². The van der Waals surface area contributed by atoms with Crippen LogP contribution in [0.4, 0.5) is 0 Å². The van der Waals surface area contributed by atoms with Crippen LogP contribution in [0.15, 0.2) is 24.3 Å². The molecule has 100 valence electrons. The highest BCUT2D eigenvalue weighted by molar-refractivity contribution is 5.80. The summed E-state index contributed by atoms with van der Waals surface area (Å²) < 4.78 is 5.52. The molecular weight excluding hydrogens is 230 g/mol. The molecule has 0 aliphatic carbocycles. The van der Waals surface area contributed by atoms with Gasteiger partial charge in [-0.3, -0.25) is 4.79 Å². The maximum Gasteiger partial charge on any atom is 0.260 e. The Bertz CT molecular complexity index is 385. The second-order valence-electron chi connectivity index (χ2n) is 4.67. The summed E-state index contributed by atoms with van der Waals surface area (Å²) in [6, 6.07) is 7.17. The van der Waals surface area contributed by atoms with Crippen molar-refractivity contribution in [2.75, 3.05) is 0 Å². The maximum atomic E-state index is 11.7. The summed E-state index contributed by atoms with van der Waals surface area (Å²) in [6.07, 6.45) is -1.04. The quantitative estimate of drug-likeness (QED) is 0.842. The van der Waals surface area contributed by atoms with E-state index in [9.17, 15) is 9.90 Å². The topological polar surface area (TPSA) is 58.6 Å². The lowest BCUT2D eigenvalue weighted by molar-refractivity contribution is -0.127. The molecule has 0 saturated carbocycles. The van der Waals surface area contributed by atoms with Crippen molar-refractivity contribution in [3.8, 4) is 5.75 Å². The van der Waals surface area contributed by atoms with Gasteiger partial charge in [-0.2, -0.15) is 0 Å². The van der Waals surface area contributed by atoms with Gasteiger partial charge in [-0.25, -0.2) is 0 Å². The molecule has 1 aromatic rings. The van der Waals surface area contributed by atoms with Gasteiger partial charge in [0, 0.05) is 6.04 Å². The summed E-state index contributed by atoms with van der Waals surface area (Å²) in [6.45, 7) is 7.22. The molecule has 0 heterocycles. The third kappa shape index (κ3) is 4.37. The number of nitrogens with one attached hydrogen (secondary N) is 1. The summed E-state index contributed by atoms with van der Waals surface area (Å²) in [7, 11) is 0. The van der Waals surface area contributed by atoms with Crippen molar-refractivity contribution in [3.63, 3.8) is 0 Å². The zero-order chi connectivity index (χ0) is 13.7. The van der Waals surface area contributed by atoms with Gasteiger partial charge in [0.05, 0.1) is 6.10 Å². The molecule has 2 N–H and O–H groups in total. The highest BCUT2D eigenvalue weighted by Gasteiger charge is 2.15. The van der Waals surface area contributed by atoms with Crippen molar-refractivity contribution >= 4 is 5.91 Å². The standard InChI is InChI=1S/C14H21NO3/c1-9(2)15-14(17)11(4)18-13-7-5-12(6-8-13)10(3)16/h5-11,16H,1-4H3,(H,15,17). The molecule has 18 heavy (non-hydrogen) atoms. The van der Waals surface area contributed by atoms with Crippen LogP contribution in [-0.4, -0.2) is 23.2 Å².